The van der Waals surface area contributed by atoms with Gasteiger partial charge in [-0.2, -0.15) is 5.10 Å². The van der Waals surface area contributed by atoms with Crippen molar-refractivity contribution in [3.05, 3.63) is 48.3 Å². The van der Waals surface area contributed by atoms with Crippen molar-refractivity contribution >= 4 is 5.97 Å². The smallest absolute Gasteiger partial charge is 0.309 e. The van der Waals surface area contributed by atoms with Crippen molar-refractivity contribution in [3.8, 4) is 5.69 Å². The molecule has 5 rings (SSSR count). The minimum absolute atomic E-state index is 0.0401. The summed E-state index contributed by atoms with van der Waals surface area (Å²) in [6.07, 6.45) is 4.21. The second-order valence-corrected chi connectivity index (χ2v) is 5.88. The molecule has 3 aliphatic rings. The van der Waals surface area contributed by atoms with Crippen LogP contribution in [0.15, 0.2) is 42.6 Å². The van der Waals surface area contributed by atoms with Crippen LogP contribution in [0.25, 0.3) is 5.69 Å². The lowest BCUT2D eigenvalue weighted by Gasteiger charge is -2.67. The first-order valence-electron chi connectivity index (χ1n) is 6.49. The van der Waals surface area contributed by atoms with Crippen molar-refractivity contribution in [1.82, 2.24) is 9.78 Å². The third kappa shape index (κ3) is 1.28. The number of nitrogens with zero attached hydrogens (tertiary/aromatic N) is 2. The first-order valence-corrected chi connectivity index (χ1v) is 6.49. The van der Waals surface area contributed by atoms with Gasteiger partial charge in [-0.25, -0.2) is 4.68 Å². The van der Waals surface area contributed by atoms with Crippen LogP contribution in [0.5, 0.6) is 0 Å². The zero-order valence-electron chi connectivity index (χ0n) is 10.4. The van der Waals surface area contributed by atoms with Crippen LogP contribution < -0.4 is 0 Å². The molecule has 2 bridgehead atoms. The van der Waals surface area contributed by atoms with Crippen molar-refractivity contribution in [3.63, 3.8) is 0 Å². The number of carbonyl (C=O) groups is 1. The molecule has 1 aromatic carbocycles. The van der Waals surface area contributed by atoms with Gasteiger partial charge in [0.05, 0.1) is 16.8 Å². The van der Waals surface area contributed by atoms with E-state index in [1.807, 2.05) is 47.3 Å². The van der Waals surface area contributed by atoms with Gasteiger partial charge >= 0.3 is 5.97 Å². The molecular formula is C15H14N2O2. The molecule has 0 atom stereocenters. The largest absolute Gasteiger partial charge is 0.481 e. The van der Waals surface area contributed by atoms with Crippen LogP contribution >= 0.6 is 0 Å². The molecule has 0 spiro atoms. The van der Waals surface area contributed by atoms with E-state index >= 15 is 0 Å². The molecule has 1 N–H and O–H groups in total. The average molecular weight is 254 g/mol. The van der Waals surface area contributed by atoms with Gasteiger partial charge in [0, 0.05) is 11.6 Å². The summed E-state index contributed by atoms with van der Waals surface area (Å²) in [5, 5.41) is 13.8. The van der Waals surface area contributed by atoms with Crippen LogP contribution in [-0.2, 0) is 10.2 Å². The normalized spacial score (nSPS) is 31.4. The van der Waals surface area contributed by atoms with E-state index in [0.29, 0.717) is 0 Å². The maximum atomic E-state index is 11.1. The summed E-state index contributed by atoms with van der Waals surface area (Å²) in [6, 6.07) is 12.0. The molecule has 0 aliphatic heterocycles. The van der Waals surface area contributed by atoms with E-state index in [9.17, 15) is 4.79 Å². The third-order valence-electron chi connectivity index (χ3n) is 4.64. The predicted molar refractivity (Wildman–Crippen MR) is 69.2 cm³/mol. The Morgan fingerprint density at radius 2 is 1.84 bits per heavy atom. The van der Waals surface area contributed by atoms with Gasteiger partial charge in [0.25, 0.3) is 0 Å². The molecule has 0 radical (unpaired) electrons. The summed E-state index contributed by atoms with van der Waals surface area (Å²) in [5.41, 5.74) is 1.68. The lowest BCUT2D eigenvalue weighted by molar-refractivity contribution is -0.195. The van der Waals surface area contributed by atoms with Crippen molar-refractivity contribution < 1.29 is 9.90 Å². The molecule has 3 aliphatic carbocycles. The van der Waals surface area contributed by atoms with Crippen LogP contribution in [0, 0.1) is 5.41 Å². The Kier molecular flexibility index (Phi) is 1.85. The molecule has 1 aromatic heterocycles. The molecule has 0 unspecified atom stereocenters. The van der Waals surface area contributed by atoms with Gasteiger partial charge in [0.15, 0.2) is 0 Å². The van der Waals surface area contributed by atoms with Gasteiger partial charge in [0.1, 0.15) is 0 Å². The number of aliphatic carboxylic acids is 1. The molecule has 0 saturated heterocycles. The van der Waals surface area contributed by atoms with Crippen LogP contribution in [-0.4, -0.2) is 20.9 Å². The predicted octanol–water partition coefficient (Wildman–Crippen LogP) is 2.38. The lowest BCUT2D eigenvalue weighted by atomic mass is 9.34. The molecule has 3 saturated carbocycles. The summed E-state index contributed by atoms with van der Waals surface area (Å²) >= 11 is 0. The monoisotopic (exact) mass is 254 g/mol. The maximum absolute atomic E-state index is 11.1. The van der Waals surface area contributed by atoms with E-state index in [0.717, 1.165) is 30.6 Å². The highest BCUT2D eigenvalue weighted by molar-refractivity contribution is 5.80. The number of rotatable bonds is 3. The fraction of sp³-hybridized carbons (Fsp3) is 0.333. The second-order valence-electron chi connectivity index (χ2n) is 5.88. The quantitative estimate of drug-likeness (QED) is 0.915. The molecule has 4 heteroatoms. The van der Waals surface area contributed by atoms with E-state index in [1.54, 1.807) is 0 Å². The summed E-state index contributed by atoms with van der Waals surface area (Å²) in [6.45, 7) is 0. The van der Waals surface area contributed by atoms with Crippen molar-refractivity contribution in [2.45, 2.75) is 24.7 Å². The molecule has 19 heavy (non-hydrogen) atoms. The molecule has 4 nitrogen and oxygen atoms in total. The van der Waals surface area contributed by atoms with Crippen LogP contribution in [0.1, 0.15) is 25.0 Å². The standard InChI is InChI=1S/C15H14N2O2/c18-13(19)15-8-14(9-15,10-15)12-6-7-17(16-12)11-4-2-1-3-5-11/h1-7H,8-10H2,(H,18,19). The zero-order valence-corrected chi connectivity index (χ0v) is 10.4. The summed E-state index contributed by atoms with van der Waals surface area (Å²) < 4.78 is 1.86. The molecule has 0 amide bonds. The van der Waals surface area contributed by atoms with Crippen molar-refractivity contribution in [1.29, 1.82) is 0 Å². The Labute approximate surface area is 110 Å². The summed E-state index contributed by atoms with van der Waals surface area (Å²) in [5.74, 6) is -0.642. The van der Waals surface area contributed by atoms with E-state index in [4.69, 9.17) is 5.11 Å². The second kappa shape index (κ2) is 3.26. The molecule has 96 valence electrons. The molecule has 3 fully saturated rings. The van der Waals surface area contributed by atoms with E-state index in [2.05, 4.69) is 5.10 Å². The van der Waals surface area contributed by atoms with Gasteiger partial charge < -0.3 is 5.11 Å². The summed E-state index contributed by atoms with van der Waals surface area (Å²) in [4.78, 5) is 11.1. The number of benzene rings is 1. The van der Waals surface area contributed by atoms with Gasteiger partial charge in [-0.05, 0) is 37.5 Å². The van der Waals surface area contributed by atoms with E-state index in [-0.39, 0.29) is 5.41 Å². The van der Waals surface area contributed by atoms with Gasteiger partial charge in [-0.15, -0.1) is 0 Å². The fourth-order valence-electron chi connectivity index (χ4n) is 3.62. The molecular weight excluding hydrogens is 240 g/mol. The lowest BCUT2D eigenvalue weighted by Crippen LogP contribution is -2.68. The fourth-order valence-corrected chi connectivity index (χ4v) is 3.62. The van der Waals surface area contributed by atoms with Crippen molar-refractivity contribution in [2.75, 3.05) is 0 Å². The topological polar surface area (TPSA) is 55.1 Å². The number of aromatic nitrogens is 2. The minimum atomic E-state index is -0.642. The number of carboxylic acid groups (broad SMARTS) is 1. The van der Waals surface area contributed by atoms with Gasteiger partial charge in [-0.1, -0.05) is 18.2 Å². The first-order chi connectivity index (χ1) is 9.14. The minimum Gasteiger partial charge on any atom is -0.481 e. The van der Waals surface area contributed by atoms with Crippen LogP contribution in [0.4, 0.5) is 0 Å². The Hall–Kier alpha value is -2.10. The first kappa shape index (κ1) is 10.8. The average Bonchev–Trinajstić information content (AvgIpc) is 2.76. The third-order valence-corrected chi connectivity index (χ3v) is 4.64. The number of hydrogen-bond acceptors (Lipinski definition) is 2. The summed E-state index contributed by atoms with van der Waals surface area (Å²) in [7, 11) is 0. The highest BCUT2D eigenvalue weighted by Crippen LogP contribution is 2.73. The number of hydrogen-bond donors (Lipinski definition) is 1. The Bertz CT molecular complexity index is 640. The Morgan fingerprint density at radius 3 is 2.47 bits per heavy atom. The van der Waals surface area contributed by atoms with E-state index < -0.39 is 11.4 Å². The van der Waals surface area contributed by atoms with Crippen molar-refractivity contribution in [2.24, 2.45) is 5.41 Å². The number of para-hydroxylation sites is 1. The Morgan fingerprint density at radius 1 is 1.16 bits per heavy atom. The zero-order chi connectivity index (χ0) is 13.1. The van der Waals surface area contributed by atoms with Gasteiger partial charge in [-0.3, -0.25) is 4.79 Å². The molecule has 1 heterocycles. The highest BCUT2D eigenvalue weighted by Gasteiger charge is 2.73. The van der Waals surface area contributed by atoms with Gasteiger partial charge in [0.2, 0.25) is 0 Å². The highest BCUT2D eigenvalue weighted by atomic mass is 16.4. The molecule has 2 aromatic rings. The maximum Gasteiger partial charge on any atom is 0.309 e. The Balaban J connectivity index is 1.60. The van der Waals surface area contributed by atoms with Crippen LogP contribution in [0.3, 0.4) is 0 Å². The van der Waals surface area contributed by atoms with Crippen LogP contribution in [0.2, 0.25) is 0 Å². The number of carboxylic acids is 1. The SMILES string of the molecule is O=C(O)C12CC(c3ccn(-c4ccccc4)n3)(C1)C2. The van der Waals surface area contributed by atoms with E-state index in [1.165, 1.54) is 0 Å².